The number of methoxy groups -OCH3 is 1. The monoisotopic (exact) mass is 298 g/mol. The Bertz CT molecular complexity index is 841. The topological polar surface area (TPSA) is 42.7 Å². The number of hydrogen-bond acceptors (Lipinski definition) is 4. The van der Waals surface area contributed by atoms with Crippen LogP contribution in [0.4, 0.5) is 10.1 Å². The normalized spacial score (nSPS) is 14.2. The van der Waals surface area contributed by atoms with Crippen molar-refractivity contribution in [1.29, 1.82) is 0 Å². The Morgan fingerprint density at radius 3 is 2.77 bits per heavy atom. The van der Waals surface area contributed by atoms with Crippen LogP contribution in [0.3, 0.4) is 0 Å². The number of rotatable bonds is 3. The number of anilines is 1. The number of ether oxygens (including phenoxy) is 1. The van der Waals surface area contributed by atoms with Gasteiger partial charge in [-0.1, -0.05) is 0 Å². The summed E-state index contributed by atoms with van der Waals surface area (Å²) < 4.78 is 20.6. The van der Waals surface area contributed by atoms with E-state index in [-0.39, 0.29) is 5.75 Å². The quantitative estimate of drug-likeness (QED) is 0.745. The molecule has 2 aromatic heterocycles. The maximum Gasteiger partial charge on any atom is 0.177 e. The summed E-state index contributed by atoms with van der Waals surface area (Å²) in [6, 6.07) is 6.84. The minimum atomic E-state index is -0.395. The molecule has 0 bridgehead atoms. The molecule has 3 aromatic rings. The van der Waals surface area contributed by atoms with Crippen LogP contribution in [0.5, 0.6) is 5.75 Å². The minimum absolute atomic E-state index is 0.229. The van der Waals surface area contributed by atoms with Gasteiger partial charge in [0, 0.05) is 18.7 Å². The van der Waals surface area contributed by atoms with Gasteiger partial charge in [-0.2, -0.15) is 5.10 Å². The smallest absolute Gasteiger partial charge is 0.177 e. The lowest BCUT2D eigenvalue weighted by Gasteiger charge is -2.32. The number of aromatic nitrogens is 3. The predicted molar refractivity (Wildman–Crippen MR) is 81.8 cm³/mol. The van der Waals surface area contributed by atoms with Crippen LogP contribution in [0, 0.1) is 5.82 Å². The summed E-state index contributed by atoms with van der Waals surface area (Å²) in [6.45, 7) is 2.08. The van der Waals surface area contributed by atoms with Crippen molar-refractivity contribution >= 4 is 11.3 Å². The zero-order valence-corrected chi connectivity index (χ0v) is 12.2. The Balaban J connectivity index is 1.84. The molecular formula is C16H15FN4O. The third kappa shape index (κ3) is 1.91. The Labute approximate surface area is 127 Å². The van der Waals surface area contributed by atoms with E-state index >= 15 is 0 Å². The van der Waals surface area contributed by atoms with Crippen molar-refractivity contribution < 1.29 is 9.13 Å². The number of halogens is 1. The van der Waals surface area contributed by atoms with Crippen molar-refractivity contribution in [3.8, 4) is 17.0 Å². The summed E-state index contributed by atoms with van der Waals surface area (Å²) in [4.78, 5) is 6.74. The maximum absolute atomic E-state index is 13.9. The van der Waals surface area contributed by atoms with Gasteiger partial charge in [0.15, 0.2) is 17.2 Å². The van der Waals surface area contributed by atoms with Gasteiger partial charge < -0.3 is 9.64 Å². The fraction of sp³-hybridized carbons (Fsp3) is 0.250. The molecule has 1 aliphatic rings. The van der Waals surface area contributed by atoms with Crippen LogP contribution >= 0.6 is 0 Å². The van der Waals surface area contributed by atoms with E-state index in [2.05, 4.69) is 15.0 Å². The second-order valence-corrected chi connectivity index (χ2v) is 5.29. The lowest BCUT2D eigenvalue weighted by Crippen LogP contribution is -2.37. The standard InChI is InChI=1S/C16H15FN4O/c1-22-15-4-3-11(9-12(15)17)14-10-18-16-13(20-7-2-8-20)5-6-19-21(14)16/h3-6,9-10H,2,7-8H2,1H3. The van der Waals surface area contributed by atoms with Gasteiger partial charge in [0.25, 0.3) is 0 Å². The van der Waals surface area contributed by atoms with Gasteiger partial charge in [0.1, 0.15) is 0 Å². The first-order valence-electron chi connectivity index (χ1n) is 7.19. The van der Waals surface area contributed by atoms with Crippen molar-refractivity contribution in [3.05, 3.63) is 42.5 Å². The third-order valence-corrected chi connectivity index (χ3v) is 4.03. The molecule has 0 atom stereocenters. The molecule has 1 aromatic carbocycles. The fourth-order valence-corrected chi connectivity index (χ4v) is 2.71. The molecule has 0 unspecified atom stereocenters. The average molecular weight is 298 g/mol. The van der Waals surface area contributed by atoms with Crippen LogP contribution < -0.4 is 9.64 Å². The summed E-state index contributed by atoms with van der Waals surface area (Å²) in [6.07, 6.45) is 4.68. The van der Waals surface area contributed by atoms with Crippen LogP contribution in [0.15, 0.2) is 36.7 Å². The number of hydrogen-bond donors (Lipinski definition) is 0. The number of fused-ring (bicyclic) bond motifs is 1. The molecule has 1 fully saturated rings. The molecule has 6 heteroatoms. The average Bonchev–Trinajstić information content (AvgIpc) is 2.90. The van der Waals surface area contributed by atoms with E-state index in [9.17, 15) is 4.39 Å². The Morgan fingerprint density at radius 1 is 1.23 bits per heavy atom. The molecule has 4 rings (SSSR count). The van der Waals surface area contributed by atoms with Gasteiger partial charge >= 0.3 is 0 Å². The largest absolute Gasteiger partial charge is 0.494 e. The van der Waals surface area contributed by atoms with Gasteiger partial charge in [0.2, 0.25) is 0 Å². The Hall–Kier alpha value is -2.63. The molecule has 112 valence electrons. The summed E-state index contributed by atoms with van der Waals surface area (Å²) in [5, 5.41) is 4.37. The molecule has 0 N–H and O–H groups in total. The highest BCUT2D eigenvalue weighted by Crippen LogP contribution is 2.29. The first-order valence-corrected chi connectivity index (χ1v) is 7.19. The summed E-state index contributed by atoms with van der Waals surface area (Å²) >= 11 is 0. The highest BCUT2D eigenvalue weighted by Gasteiger charge is 2.20. The van der Waals surface area contributed by atoms with Crippen molar-refractivity contribution in [2.75, 3.05) is 25.1 Å². The second-order valence-electron chi connectivity index (χ2n) is 5.29. The Kier molecular flexibility index (Phi) is 2.96. The van der Waals surface area contributed by atoms with E-state index in [0.29, 0.717) is 0 Å². The molecule has 3 heterocycles. The number of benzene rings is 1. The molecule has 5 nitrogen and oxygen atoms in total. The molecule has 0 amide bonds. The van der Waals surface area contributed by atoms with E-state index in [4.69, 9.17) is 4.74 Å². The summed E-state index contributed by atoms with van der Waals surface area (Å²) in [7, 11) is 1.45. The van der Waals surface area contributed by atoms with Gasteiger partial charge in [-0.3, -0.25) is 0 Å². The first-order chi connectivity index (χ1) is 10.8. The first kappa shape index (κ1) is 13.1. The molecule has 0 saturated carbocycles. The van der Waals surface area contributed by atoms with Crippen LogP contribution in [-0.4, -0.2) is 34.8 Å². The zero-order chi connectivity index (χ0) is 15.1. The van der Waals surface area contributed by atoms with E-state index in [1.807, 2.05) is 12.1 Å². The van der Waals surface area contributed by atoms with Crippen LogP contribution in [0.25, 0.3) is 16.9 Å². The van der Waals surface area contributed by atoms with Gasteiger partial charge in [-0.15, -0.1) is 0 Å². The second kappa shape index (κ2) is 4.98. The molecule has 0 radical (unpaired) electrons. The van der Waals surface area contributed by atoms with E-state index in [1.54, 1.807) is 23.0 Å². The highest BCUT2D eigenvalue weighted by molar-refractivity contribution is 5.74. The fourth-order valence-electron chi connectivity index (χ4n) is 2.71. The molecule has 1 aliphatic heterocycles. The van der Waals surface area contributed by atoms with Crippen molar-refractivity contribution in [1.82, 2.24) is 14.6 Å². The zero-order valence-electron chi connectivity index (χ0n) is 12.2. The Morgan fingerprint density at radius 2 is 2.09 bits per heavy atom. The SMILES string of the molecule is COc1ccc(-c2cnc3c(N4CCC4)ccnn23)cc1F. The van der Waals surface area contributed by atoms with Crippen LogP contribution in [-0.2, 0) is 0 Å². The molecule has 22 heavy (non-hydrogen) atoms. The van der Waals surface area contributed by atoms with Crippen LogP contribution in [0.1, 0.15) is 6.42 Å². The molecule has 0 spiro atoms. The minimum Gasteiger partial charge on any atom is -0.494 e. The van der Waals surface area contributed by atoms with Gasteiger partial charge in [0.05, 0.1) is 30.9 Å². The van der Waals surface area contributed by atoms with Crippen molar-refractivity contribution in [3.63, 3.8) is 0 Å². The highest BCUT2D eigenvalue weighted by atomic mass is 19.1. The van der Waals surface area contributed by atoms with Gasteiger partial charge in [-0.25, -0.2) is 13.9 Å². The third-order valence-electron chi connectivity index (χ3n) is 4.03. The lowest BCUT2D eigenvalue weighted by atomic mass is 10.1. The van der Waals surface area contributed by atoms with E-state index in [1.165, 1.54) is 19.6 Å². The maximum atomic E-state index is 13.9. The predicted octanol–water partition coefficient (Wildman–Crippen LogP) is 2.75. The lowest BCUT2D eigenvalue weighted by molar-refractivity contribution is 0.386. The molecule has 1 saturated heterocycles. The number of nitrogens with zero attached hydrogens (tertiary/aromatic N) is 4. The van der Waals surface area contributed by atoms with Crippen LogP contribution in [0.2, 0.25) is 0 Å². The number of imidazole rings is 1. The van der Waals surface area contributed by atoms with E-state index in [0.717, 1.165) is 35.7 Å². The molecular weight excluding hydrogens is 283 g/mol. The summed E-state index contributed by atoms with van der Waals surface area (Å²) in [5.74, 6) is -0.166. The van der Waals surface area contributed by atoms with E-state index < -0.39 is 5.82 Å². The van der Waals surface area contributed by atoms with Crippen molar-refractivity contribution in [2.24, 2.45) is 0 Å². The molecule has 0 aliphatic carbocycles. The van der Waals surface area contributed by atoms with Crippen molar-refractivity contribution in [2.45, 2.75) is 6.42 Å². The van der Waals surface area contributed by atoms with Gasteiger partial charge in [-0.05, 0) is 30.7 Å². The summed E-state index contributed by atoms with van der Waals surface area (Å²) in [5.41, 5.74) is 3.35.